The van der Waals surface area contributed by atoms with E-state index in [-0.39, 0.29) is 11.8 Å². The lowest BCUT2D eigenvalue weighted by Gasteiger charge is -2.32. The van der Waals surface area contributed by atoms with Gasteiger partial charge in [0.2, 0.25) is 10.0 Å². The molecule has 1 fully saturated rings. The predicted octanol–water partition coefficient (Wildman–Crippen LogP) is -0.371. The van der Waals surface area contributed by atoms with E-state index in [1.165, 1.54) is 4.90 Å². The molecule has 1 aromatic rings. The minimum absolute atomic E-state index is 0.0526. The third kappa shape index (κ3) is 3.57. The highest BCUT2D eigenvalue weighted by molar-refractivity contribution is 7.88. The van der Waals surface area contributed by atoms with Crippen LogP contribution < -0.4 is 4.90 Å². The molecule has 0 bridgehead atoms. The summed E-state index contributed by atoms with van der Waals surface area (Å²) in [6.07, 6.45) is 0. The number of hydrogen-bond donors (Lipinski definition) is 1. The topological polar surface area (TPSA) is 65.6 Å². The number of nitrogens with one attached hydrogen (secondary N) is 1. The lowest BCUT2D eigenvalue weighted by molar-refractivity contribution is -0.918. The van der Waals surface area contributed by atoms with Crippen LogP contribution in [0, 0.1) is 11.3 Å². The highest BCUT2D eigenvalue weighted by Gasteiger charge is 2.30. The second-order valence-electron chi connectivity index (χ2n) is 5.15. The summed E-state index contributed by atoms with van der Waals surface area (Å²) < 4.78 is 26.3. The van der Waals surface area contributed by atoms with Gasteiger partial charge >= 0.3 is 0 Å². The number of benzene rings is 1. The normalized spacial score (nSPS) is 19.4. The molecule has 6 heteroatoms. The molecule has 2 rings (SSSR count). The highest BCUT2D eigenvalue weighted by atomic mass is 32.2. The van der Waals surface area contributed by atoms with Crippen molar-refractivity contribution in [2.24, 2.45) is 0 Å². The van der Waals surface area contributed by atoms with Crippen LogP contribution in [0.15, 0.2) is 30.3 Å². The van der Waals surface area contributed by atoms with Crippen molar-refractivity contribution in [3.63, 3.8) is 0 Å². The Hall–Kier alpha value is -1.42. The molecule has 0 saturated carbocycles. The molecule has 0 unspecified atom stereocenters. The van der Waals surface area contributed by atoms with Gasteiger partial charge in [-0.25, -0.2) is 8.42 Å². The van der Waals surface area contributed by atoms with E-state index < -0.39 is 10.0 Å². The van der Waals surface area contributed by atoms with Crippen molar-refractivity contribution in [3.05, 3.63) is 35.9 Å². The average Bonchev–Trinajstić information content (AvgIpc) is 2.47. The van der Waals surface area contributed by atoms with Crippen LogP contribution in [0.3, 0.4) is 0 Å². The molecule has 20 heavy (non-hydrogen) atoms. The van der Waals surface area contributed by atoms with Crippen LogP contribution in [0.5, 0.6) is 0 Å². The van der Waals surface area contributed by atoms with Crippen molar-refractivity contribution in [1.29, 1.82) is 5.26 Å². The van der Waals surface area contributed by atoms with Gasteiger partial charge in [0.1, 0.15) is 6.07 Å². The van der Waals surface area contributed by atoms with Gasteiger partial charge in [0.15, 0.2) is 6.04 Å². The summed E-state index contributed by atoms with van der Waals surface area (Å²) in [4.78, 5) is 1.17. The Morgan fingerprint density at radius 3 is 2.45 bits per heavy atom. The Kier molecular flexibility index (Phi) is 4.76. The maximum Gasteiger partial charge on any atom is 0.218 e. The smallest absolute Gasteiger partial charge is 0.218 e. The van der Waals surface area contributed by atoms with E-state index in [4.69, 9.17) is 5.26 Å². The second-order valence-corrected chi connectivity index (χ2v) is 7.12. The van der Waals surface area contributed by atoms with Gasteiger partial charge in [0, 0.05) is 6.92 Å². The molecule has 0 radical (unpaired) electrons. The van der Waals surface area contributed by atoms with E-state index in [0.717, 1.165) is 5.56 Å². The number of nitrogens with zero attached hydrogens (tertiary/aromatic N) is 2. The largest absolute Gasteiger partial charge is 0.319 e. The lowest BCUT2D eigenvalue weighted by Crippen LogP contribution is -3.17. The highest BCUT2D eigenvalue weighted by Crippen LogP contribution is 2.10. The second kappa shape index (κ2) is 6.35. The summed E-state index contributed by atoms with van der Waals surface area (Å²) in [5, 5.41) is 8.90. The van der Waals surface area contributed by atoms with Crippen molar-refractivity contribution in [2.75, 3.05) is 26.2 Å². The zero-order valence-electron chi connectivity index (χ0n) is 11.6. The maximum absolute atomic E-state index is 12.4. The van der Waals surface area contributed by atoms with E-state index in [1.54, 1.807) is 4.31 Å². The van der Waals surface area contributed by atoms with Crippen molar-refractivity contribution in [1.82, 2.24) is 4.31 Å². The summed E-state index contributed by atoms with van der Waals surface area (Å²) >= 11 is 0. The fraction of sp³-hybridized carbons (Fsp3) is 0.500. The van der Waals surface area contributed by atoms with Gasteiger partial charge in [0.05, 0.1) is 31.9 Å². The molecule has 0 spiro atoms. The fourth-order valence-corrected chi connectivity index (χ4v) is 3.99. The van der Waals surface area contributed by atoms with Crippen LogP contribution >= 0.6 is 0 Å². The molecule has 0 aromatic heterocycles. The Balaban J connectivity index is 1.97. The molecular weight excluding hydrogens is 274 g/mol. The Bertz CT molecular complexity index is 572. The van der Waals surface area contributed by atoms with Gasteiger partial charge in [-0.15, -0.1) is 0 Å². The quantitative estimate of drug-likeness (QED) is 0.824. The van der Waals surface area contributed by atoms with Crippen LogP contribution in [0.25, 0.3) is 0 Å². The van der Waals surface area contributed by atoms with Crippen molar-refractivity contribution >= 4 is 10.0 Å². The molecule has 1 heterocycles. The van der Waals surface area contributed by atoms with Crippen LogP contribution in [-0.2, 0) is 15.8 Å². The molecule has 1 saturated heterocycles. The number of sulfonamides is 1. The summed E-state index contributed by atoms with van der Waals surface area (Å²) in [6.45, 7) is 4.27. The van der Waals surface area contributed by atoms with E-state index in [2.05, 4.69) is 6.07 Å². The number of hydrogen-bond acceptors (Lipinski definition) is 3. The van der Waals surface area contributed by atoms with Crippen LogP contribution in [0.2, 0.25) is 0 Å². The molecular formula is C14H20N3O2S+. The molecule has 108 valence electrons. The third-order valence-electron chi connectivity index (χ3n) is 3.76. The van der Waals surface area contributed by atoms with Crippen LogP contribution in [0.1, 0.15) is 12.5 Å². The van der Waals surface area contributed by atoms with Gasteiger partial charge in [-0.1, -0.05) is 30.3 Å². The molecule has 0 amide bonds. The summed E-state index contributed by atoms with van der Waals surface area (Å²) in [6, 6.07) is 11.4. The zero-order valence-corrected chi connectivity index (χ0v) is 12.4. The minimum Gasteiger partial charge on any atom is -0.319 e. The maximum atomic E-state index is 12.4. The van der Waals surface area contributed by atoms with E-state index in [1.807, 2.05) is 37.3 Å². The molecule has 1 aliphatic heterocycles. The SMILES string of the molecule is C[C@@H](C#N)[NH+]1CCN(S(=O)(=O)Cc2ccccc2)CC1. The minimum atomic E-state index is -3.26. The number of quaternary nitrogens is 1. The van der Waals surface area contributed by atoms with E-state index in [9.17, 15) is 8.42 Å². The monoisotopic (exact) mass is 294 g/mol. The lowest BCUT2D eigenvalue weighted by atomic mass is 10.2. The van der Waals surface area contributed by atoms with Crippen molar-refractivity contribution in [2.45, 2.75) is 18.7 Å². The summed E-state index contributed by atoms with van der Waals surface area (Å²) in [7, 11) is -3.26. The first kappa shape index (κ1) is 15.0. The van der Waals surface area contributed by atoms with E-state index in [0.29, 0.717) is 26.2 Å². The molecule has 1 atom stereocenters. The zero-order chi connectivity index (χ0) is 14.6. The van der Waals surface area contributed by atoms with Gasteiger partial charge in [-0.3, -0.25) is 0 Å². The Morgan fingerprint density at radius 2 is 1.90 bits per heavy atom. The Morgan fingerprint density at radius 1 is 1.30 bits per heavy atom. The Labute approximate surface area is 120 Å². The predicted molar refractivity (Wildman–Crippen MR) is 76.4 cm³/mol. The van der Waals surface area contributed by atoms with Crippen LogP contribution in [0.4, 0.5) is 0 Å². The first-order chi connectivity index (χ1) is 9.53. The molecule has 5 nitrogen and oxygen atoms in total. The fourth-order valence-electron chi connectivity index (χ4n) is 2.45. The first-order valence-electron chi connectivity index (χ1n) is 6.79. The standard InChI is InChI=1S/C14H19N3O2S/c1-13(11-15)16-7-9-17(10-8-16)20(18,19)12-14-5-3-2-4-6-14/h2-6,13H,7-10,12H2,1H3/p+1/t13-/m0/s1. The summed E-state index contributed by atoms with van der Waals surface area (Å²) in [5.41, 5.74) is 0.813. The van der Waals surface area contributed by atoms with Gasteiger partial charge in [-0.05, 0) is 5.56 Å². The summed E-state index contributed by atoms with van der Waals surface area (Å²) in [5.74, 6) is 0.0526. The first-order valence-corrected chi connectivity index (χ1v) is 8.40. The molecule has 1 N–H and O–H groups in total. The van der Waals surface area contributed by atoms with Gasteiger partial charge < -0.3 is 4.90 Å². The average molecular weight is 294 g/mol. The van der Waals surface area contributed by atoms with Crippen molar-refractivity contribution in [3.8, 4) is 6.07 Å². The van der Waals surface area contributed by atoms with Crippen molar-refractivity contribution < 1.29 is 13.3 Å². The van der Waals surface area contributed by atoms with Gasteiger partial charge in [-0.2, -0.15) is 9.57 Å². The molecule has 1 aromatic carbocycles. The third-order valence-corrected chi connectivity index (χ3v) is 5.61. The van der Waals surface area contributed by atoms with Crippen LogP contribution in [-0.4, -0.2) is 44.9 Å². The van der Waals surface area contributed by atoms with E-state index >= 15 is 0 Å². The van der Waals surface area contributed by atoms with Gasteiger partial charge in [0.25, 0.3) is 0 Å². The molecule has 1 aliphatic rings. The number of nitriles is 1. The number of piperazine rings is 1. The molecule has 0 aliphatic carbocycles. The number of rotatable bonds is 4.